The van der Waals surface area contributed by atoms with E-state index in [2.05, 4.69) is 37.4 Å². The second-order valence-corrected chi connectivity index (χ2v) is 6.41. The van der Waals surface area contributed by atoms with Crippen LogP contribution in [0.2, 0.25) is 0 Å². The lowest BCUT2D eigenvalue weighted by Gasteiger charge is -2.15. The van der Waals surface area contributed by atoms with Gasteiger partial charge in [-0.15, -0.1) is 0 Å². The van der Waals surface area contributed by atoms with Crippen LogP contribution >= 0.6 is 0 Å². The van der Waals surface area contributed by atoms with Crippen LogP contribution in [0.3, 0.4) is 0 Å². The molecule has 1 fully saturated rings. The van der Waals surface area contributed by atoms with Gasteiger partial charge in [0.1, 0.15) is 11.3 Å². The summed E-state index contributed by atoms with van der Waals surface area (Å²) < 4.78 is 6.11. The van der Waals surface area contributed by atoms with Crippen molar-refractivity contribution in [3.05, 3.63) is 35.6 Å². The number of para-hydroxylation sites is 1. The van der Waals surface area contributed by atoms with Crippen molar-refractivity contribution < 1.29 is 4.42 Å². The average molecular weight is 285 g/mol. The van der Waals surface area contributed by atoms with Crippen LogP contribution in [0, 0.1) is 5.92 Å². The van der Waals surface area contributed by atoms with E-state index in [1.807, 2.05) is 6.07 Å². The number of fused-ring (bicyclic) bond motifs is 1. The van der Waals surface area contributed by atoms with E-state index in [1.54, 1.807) is 0 Å². The van der Waals surface area contributed by atoms with E-state index >= 15 is 0 Å². The van der Waals surface area contributed by atoms with Gasteiger partial charge in [-0.1, -0.05) is 50.8 Å². The first-order valence-electron chi connectivity index (χ1n) is 8.53. The van der Waals surface area contributed by atoms with Gasteiger partial charge < -0.3 is 9.73 Å². The number of hydrogen-bond donors (Lipinski definition) is 1. The van der Waals surface area contributed by atoms with E-state index in [0.29, 0.717) is 6.04 Å². The molecule has 0 aliphatic heterocycles. The Bertz CT molecular complexity index is 580. The largest absolute Gasteiger partial charge is 0.459 e. The Morgan fingerprint density at radius 2 is 2.00 bits per heavy atom. The topological polar surface area (TPSA) is 25.2 Å². The lowest BCUT2D eigenvalue weighted by Crippen LogP contribution is -2.21. The summed E-state index contributed by atoms with van der Waals surface area (Å²) in [5, 5.41) is 4.94. The molecule has 0 radical (unpaired) electrons. The van der Waals surface area contributed by atoms with Crippen molar-refractivity contribution in [3.63, 3.8) is 0 Å². The molecule has 1 N–H and O–H groups in total. The first kappa shape index (κ1) is 14.6. The summed E-state index contributed by atoms with van der Waals surface area (Å²) in [6, 6.07) is 8.69. The van der Waals surface area contributed by atoms with Crippen LogP contribution in [-0.4, -0.2) is 6.54 Å². The predicted octanol–water partition coefficient (Wildman–Crippen LogP) is 5.23. The molecule has 2 nitrogen and oxygen atoms in total. The summed E-state index contributed by atoms with van der Waals surface area (Å²) in [5.74, 6) is 2.08. The Morgan fingerprint density at radius 3 is 2.76 bits per heavy atom. The zero-order chi connectivity index (χ0) is 14.7. The van der Waals surface area contributed by atoms with Crippen LogP contribution in [-0.2, 0) is 6.42 Å². The Hall–Kier alpha value is -1.28. The minimum atomic E-state index is 0.300. The number of benzene rings is 1. The Kier molecular flexibility index (Phi) is 4.64. The molecule has 1 saturated carbocycles. The third-order valence-electron chi connectivity index (χ3n) is 4.95. The number of furan rings is 1. The molecule has 0 amide bonds. The van der Waals surface area contributed by atoms with Crippen molar-refractivity contribution in [2.75, 3.05) is 6.54 Å². The van der Waals surface area contributed by atoms with Crippen LogP contribution in [0.1, 0.15) is 63.3 Å². The van der Waals surface area contributed by atoms with E-state index < -0.39 is 0 Å². The molecule has 1 atom stereocenters. The van der Waals surface area contributed by atoms with Gasteiger partial charge in [-0.25, -0.2) is 0 Å². The minimum absolute atomic E-state index is 0.300. The van der Waals surface area contributed by atoms with Gasteiger partial charge in [-0.3, -0.25) is 0 Å². The van der Waals surface area contributed by atoms with Gasteiger partial charge in [-0.2, -0.15) is 0 Å². The Labute approximate surface area is 127 Å². The fraction of sp³-hybridized carbons (Fsp3) is 0.579. The van der Waals surface area contributed by atoms with Crippen LogP contribution in [0.15, 0.2) is 28.7 Å². The van der Waals surface area contributed by atoms with Gasteiger partial charge in [0.25, 0.3) is 0 Å². The summed E-state index contributed by atoms with van der Waals surface area (Å²) in [6.07, 6.45) is 8.07. The highest BCUT2D eigenvalue weighted by molar-refractivity contribution is 5.82. The summed E-state index contributed by atoms with van der Waals surface area (Å²) >= 11 is 0. The maximum atomic E-state index is 6.11. The second-order valence-electron chi connectivity index (χ2n) is 6.41. The fourth-order valence-electron chi connectivity index (χ4n) is 3.73. The molecule has 114 valence electrons. The van der Waals surface area contributed by atoms with Gasteiger partial charge in [0.05, 0.1) is 6.04 Å². The highest BCUT2D eigenvalue weighted by atomic mass is 16.3. The number of nitrogens with one attached hydrogen (secondary N) is 1. The van der Waals surface area contributed by atoms with Crippen molar-refractivity contribution in [2.24, 2.45) is 5.92 Å². The van der Waals surface area contributed by atoms with Crippen molar-refractivity contribution in [1.29, 1.82) is 0 Å². The summed E-state index contributed by atoms with van der Waals surface area (Å²) in [7, 11) is 0. The summed E-state index contributed by atoms with van der Waals surface area (Å²) in [4.78, 5) is 0. The Balaban J connectivity index is 1.67. The second kappa shape index (κ2) is 6.65. The van der Waals surface area contributed by atoms with Gasteiger partial charge in [0.15, 0.2) is 0 Å². The molecule has 0 saturated heterocycles. The SMILES string of the molecule is CCc1c(C(C)NCCC2CCCC2)oc2ccccc12. The van der Waals surface area contributed by atoms with Gasteiger partial charge in [0.2, 0.25) is 0 Å². The molecule has 1 aliphatic carbocycles. The van der Waals surface area contributed by atoms with Gasteiger partial charge in [0, 0.05) is 10.9 Å². The molecule has 0 spiro atoms. The monoisotopic (exact) mass is 285 g/mol. The molecule has 2 heteroatoms. The first-order chi connectivity index (χ1) is 10.3. The maximum Gasteiger partial charge on any atom is 0.134 e. The molecule has 1 aromatic carbocycles. The fourth-order valence-corrected chi connectivity index (χ4v) is 3.73. The van der Waals surface area contributed by atoms with Gasteiger partial charge in [-0.05, 0) is 38.3 Å². The van der Waals surface area contributed by atoms with E-state index in [0.717, 1.165) is 30.2 Å². The predicted molar refractivity (Wildman–Crippen MR) is 88.6 cm³/mol. The van der Waals surface area contributed by atoms with E-state index in [9.17, 15) is 0 Å². The molecule has 1 aliphatic rings. The molecule has 1 aromatic heterocycles. The van der Waals surface area contributed by atoms with E-state index in [4.69, 9.17) is 4.42 Å². The quantitative estimate of drug-likeness (QED) is 0.786. The van der Waals surface area contributed by atoms with Gasteiger partial charge >= 0.3 is 0 Å². The van der Waals surface area contributed by atoms with Crippen molar-refractivity contribution in [1.82, 2.24) is 5.32 Å². The third-order valence-corrected chi connectivity index (χ3v) is 4.95. The Morgan fingerprint density at radius 1 is 1.24 bits per heavy atom. The third kappa shape index (κ3) is 3.16. The number of rotatable bonds is 6. The molecule has 1 heterocycles. The van der Waals surface area contributed by atoms with Crippen LogP contribution in [0.4, 0.5) is 0 Å². The highest BCUT2D eigenvalue weighted by Crippen LogP contribution is 2.31. The molecular weight excluding hydrogens is 258 g/mol. The zero-order valence-electron chi connectivity index (χ0n) is 13.3. The van der Waals surface area contributed by atoms with E-state index in [1.165, 1.54) is 43.1 Å². The lowest BCUT2D eigenvalue weighted by atomic mass is 10.0. The van der Waals surface area contributed by atoms with Crippen molar-refractivity contribution in [3.8, 4) is 0 Å². The smallest absolute Gasteiger partial charge is 0.134 e. The summed E-state index contributed by atoms with van der Waals surface area (Å²) in [6.45, 7) is 5.55. The maximum absolute atomic E-state index is 6.11. The zero-order valence-corrected chi connectivity index (χ0v) is 13.3. The average Bonchev–Trinajstić information content (AvgIpc) is 3.13. The van der Waals surface area contributed by atoms with Crippen molar-refractivity contribution >= 4 is 11.0 Å². The standard InChI is InChI=1S/C19H27NO/c1-3-16-17-10-6-7-11-18(17)21-19(16)14(2)20-13-12-15-8-4-5-9-15/h6-7,10-11,14-15,20H,3-5,8-9,12-13H2,1-2H3. The van der Waals surface area contributed by atoms with Crippen LogP contribution < -0.4 is 5.32 Å². The molecule has 0 bridgehead atoms. The minimum Gasteiger partial charge on any atom is -0.459 e. The molecule has 2 aromatic rings. The molecule has 3 rings (SSSR count). The lowest BCUT2D eigenvalue weighted by molar-refractivity contribution is 0.413. The first-order valence-corrected chi connectivity index (χ1v) is 8.53. The number of hydrogen-bond acceptors (Lipinski definition) is 2. The number of aryl methyl sites for hydroxylation is 1. The van der Waals surface area contributed by atoms with E-state index in [-0.39, 0.29) is 0 Å². The molecule has 21 heavy (non-hydrogen) atoms. The summed E-state index contributed by atoms with van der Waals surface area (Å²) in [5.41, 5.74) is 2.39. The molecule has 1 unspecified atom stereocenters. The normalized spacial score (nSPS) is 17.6. The van der Waals surface area contributed by atoms with Crippen LogP contribution in [0.5, 0.6) is 0 Å². The molecular formula is C19H27NO. The highest BCUT2D eigenvalue weighted by Gasteiger charge is 2.19. The van der Waals surface area contributed by atoms with Crippen molar-refractivity contribution in [2.45, 2.75) is 58.4 Å². The van der Waals surface area contributed by atoms with Crippen LogP contribution in [0.25, 0.3) is 11.0 Å².